The van der Waals surface area contributed by atoms with Gasteiger partial charge in [0, 0.05) is 39.3 Å². The maximum absolute atomic E-state index is 12.6. The minimum atomic E-state index is -0.229. The molecule has 3 rings (SSSR count). The number of hydrogen-bond donors (Lipinski definition) is 1. The van der Waals surface area contributed by atoms with Crippen molar-refractivity contribution in [3.63, 3.8) is 0 Å². The van der Waals surface area contributed by atoms with Crippen LogP contribution in [0.15, 0.2) is 29.3 Å². The Bertz CT molecular complexity index is 691. The van der Waals surface area contributed by atoms with Crippen molar-refractivity contribution in [1.82, 2.24) is 15.1 Å². The third kappa shape index (κ3) is 6.44. The van der Waals surface area contributed by atoms with E-state index in [4.69, 9.17) is 14.5 Å². The molecule has 1 N–H and O–H groups in total. The second kappa shape index (κ2) is 11.3. The predicted molar refractivity (Wildman–Crippen MR) is 118 cm³/mol. The van der Waals surface area contributed by atoms with Gasteiger partial charge >= 0.3 is 0 Å². The van der Waals surface area contributed by atoms with Crippen molar-refractivity contribution in [2.24, 2.45) is 4.99 Å². The fourth-order valence-corrected chi connectivity index (χ4v) is 3.71. The van der Waals surface area contributed by atoms with Gasteiger partial charge in [0.25, 0.3) is 5.91 Å². The fourth-order valence-electron chi connectivity index (χ4n) is 3.71. The van der Waals surface area contributed by atoms with Gasteiger partial charge in [0.1, 0.15) is 6.10 Å². The van der Waals surface area contributed by atoms with Crippen molar-refractivity contribution < 1.29 is 14.3 Å². The number of hydrogen-bond acceptors (Lipinski definition) is 4. The SMILES string of the molecule is CCNC(=NCc1ccc(COC(C)C)cc1)N1CCN(C(=O)C2CCCO2)CC1. The molecular weight excluding hydrogens is 380 g/mol. The first-order valence-corrected chi connectivity index (χ1v) is 11.2. The van der Waals surface area contributed by atoms with Crippen LogP contribution >= 0.6 is 0 Å². The molecule has 1 unspecified atom stereocenters. The number of rotatable bonds is 7. The van der Waals surface area contributed by atoms with Gasteiger partial charge in [0.05, 0.1) is 19.3 Å². The summed E-state index contributed by atoms with van der Waals surface area (Å²) in [7, 11) is 0. The third-order valence-corrected chi connectivity index (χ3v) is 5.45. The molecule has 0 spiro atoms. The smallest absolute Gasteiger partial charge is 0.251 e. The van der Waals surface area contributed by atoms with Crippen LogP contribution in [-0.4, -0.2) is 73.2 Å². The normalized spacial score (nSPS) is 20.1. The van der Waals surface area contributed by atoms with Crippen molar-refractivity contribution >= 4 is 11.9 Å². The number of amides is 1. The second-order valence-electron chi connectivity index (χ2n) is 8.16. The summed E-state index contributed by atoms with van der Waals surface area (Å²) in [5.41, 5.74) is 2.35. The van der Waals surface area contributed by atoms with Gasteiger partial charge in [0.15, 0.2) is 5.96 Å². The summed E-state index contributed by atoms with van der Waals surface area (Å²) in [4.78, 5) is 21.6. The number of nitrogens with zero attached hydrogens (tertiary/aromatic N) is 3. The zero-order valence-corrected chi connectivity index (χ0v) is 18.6. The highest BCUT2D eigenvalue weighted by molar-refractivity contribution is 5.82. The molecule has 7 heteroatoms. The van der Waals surface area contributed by atoms with Gasteiger partial charge in [-0.05, 0) is 44.7 Å². The Morgan fingerprint density at radius 2 is 1.83 bits per heavy atom. The maximum Gasteiger partial charge on any atom is 0.251 e. The summed E-state index contributed by atoms with van der Waals surface area (Å²) in [6.07, 6.45) is 1.84. The van der Waals surface area contributed by atoms with Crippen LogP contribution in [0.25, 0.3) is 0 Å². The molecule has 2 aliphatic heterocycles. The molecule has 0 aromatic heterocycles. The molecular formula is C23H36N4O3. The summed E-state index contributed by atoms with van der Waals surface area (Å²) in [6.45, 7) is 12.0. The predicted octanol–water partition coefficient (Wildman–Crippen LogP) is 2.40. The lowest BCUT2D eigenvalue weighted by molar-refractivity contribution is -0.142. The standard InChI is InChI=1S/C23H36N4O3/c1-4-24-23(25-16-19-7-9-20(10-8-19)17-30-18(2)3)27-13-11-26(12-14-27)22(28)21-6-5-15-29-21/h7-10,18,21H,4-6,11-17H2,1-3H3,(H,24,25). The van der Waals surface area contributed by atoms with Gasteiger partial charge in [-0.1, -0.05) is 24.3 Å². The lowest BCUT2D eigenvalue weighted by Crippen LogP contribution is -2.55. The first kappa shape index (κ1) is 22.6. The third-order valence-electron chi connectivity index (χ3n) is 5.45. The zero-order valence-electron chi connectivity index (χ0n) is 18.6. The largest absolute Gasteiger partial charge is 0.374 e. The number of carbonyl (C=O) groups is 1. The Morgan fingerprint density at radius 3 is 2.43 bits per heavy atom. The van der Waals surface area contributed by atoms with E-state index < -0.39 is 0 Å². The number of ether oxygens (including phenoxy) is 2. The van der Waals surface area contributed by atoms with Crippen LogP contribution < -0.4 is 5.32 Å². The molecule has 2 aliphatic rings. The van der Waals surface area contributed by atoms with Crippen molar-refractivity contribution in [3.8, 4) is 0 Å². The first-order chi connectivity index (χ1) is 14.6. The van der Waals surface area contributed by atoms with Gasteiger partial charge in [-0.15, -0.1) is 0 Å². The maximum atomic E-state index is 12.6. The summed E-state index contributed by atoms with van der Waals surface area (Å²) in [5.74, 6) is 1.06. The summed E-state index contributed by atoms with van der Waals surface area (Å²) >= 11 is 0. The zero-order chi connectivity index (χ0) is 21.3. The molecule has 2 saturated heterocycles. The number of aliphatic imine (C=N–C) groups is 1. The number of guanidine groups is 1. The topological polar surface area (TPSA) is 66.4 Å². The molecule has 1 atom stereocenters. The van der Waals surface area contributed by atoms with E-state index in [9.17, 15) is 4.79 Å². The van der Waals surface area contributed by atoms with Crippen LogP contribution in [0.5, 0.6) is 0 Å². The van der Waals surface area contributed by atoms with E-state index in [-0.39, 0.29) is 18.1 Å². The Morgan fingerprint density at radius 1 is 1.17 bits per heavy atom. The van der Waals surface area contributed by atoms with Gasteiger partial charge in [-0.2, -0.15) is 0 Å². The van der Waals surface area contributed by atoms with Crippen LogP contribution in [0.4, 0.5) is 0 Å². The van der Waals surface area contributed by atoms with Gasteiger partial charge in [-0.25, -0.2) is 4.99 Å². The molecule has 1 amide bonds. The lowest BCUT2D eigenvalue weighted by Gasteiger charge is -2.37. The van der Waals surface area contributed by atoms with Crippen molar-refractivity contribution in [1.29, 1.82) is 0 Å². The molecule has 2 fully saturated rings. The van der Waals surface area contributed by atoms with E-state index in [1.165, 1.54) is 11.1 Å². The fraction of sp³-hybridized carbons (Fsp3) is 0.652. The van der Waals surface area contributed by atoms with E-state index in [0.29, 0.717) is 32.8 Å². The molecule has 0 radical (unpaired) electrons. The van der Waals surface area contributed by atoms with Crippen molar-refractivity contribution in [2.45, 2.75) is 59.0 Å². The molecule has 30 heavy (non-hydrogen) atoms. The minimum absolute atomic E-state index is 0.149. The first-order valence-electron chi connectivity index (χ1n) is 11.2. The molecule has 166 valence electrons. The highest BCUT2D eigenvalue weighted by Gasteiger charge is 2.30. The molecule has 1 aromatic rings. The quantitative estimate of drug-likeness (QED) is 0.546. The number of nitrogens with one attached hydrogen (secondary N) is 1. The molecule has 0 aliphatic carbocycles. The number of piperazine rings is 1. The Balaban J connectivity index is 1.52. The van der Waals surface area contributed by atoms with E-state index in [2.05, 4.69) is 41.4 Å². The summed E-state index contributed by atoms with van der Waals surface area (Å²) in [5, 5.41) is 3.39. The summed E-state index contributed by atoms with van der Waals surface area (Å²) in [6, 6.07) is 8.44. The van der Waals surface area contributed by atoms with E-state index in [0.717, 1.165) is 38.4 Å². The second-order valence-corrected chi connectivity index (χ2v) is 8.16. The molecule has 2 heterocycles. The highest BCUT2D eigenvalue weighted by atomic mass is 16.5. The van der Waals surface area contributed by atoms with E-state index >= 15 is 0 Å². The van der Waals surface area contributed by atoms with Gasteiger partial charge < -0.3 is 24.6 Å². The lowest BCUT2D eigenvalue weighted by atomic mass is 10.1. The van der Waals surface area contributed by atoms with Crippen molar-refractivity contribution in [2.75, 3.05) is 39.3 Å². The summed E-state index contributed by atoms with van der Waals surface area (Å²) < 4.78 is 11.2. The number of benzene rings is 1. The van der Waals surface area contributed by atoms with E-state index in [1.54, 1.807) is 0 Å². The van der Waals surface area contributed by atoms with Crippen LogP contribution in [-0.2, 0) is 27.4 Å². The van der Waals surface area contributed by atoms with Crippen LogP contribution in [0.2, 0.25) is 0 Å². The van der Waals surface area contributed by atoms with Crippen molar-refractivity contribution in [3.05, 3.63) is 35.4 Å². The van der Waals surface area contributed by atoms with Crippen LogP contribution in [0.3, 0.4) is 0 Å². The average molecular weight is 417 g/mol. The van der Waals surface area contributed by atoms with Crippen LogP contribution in [0, 0.1) is 0 Å². The van der Waals surface area contributed by atoms with Gasteiger partial charge in [-0.3, -0.25) is 4.79 Å². The van der Waals surface area contributed by atoms with E-state index in [1.807, 2.05) is 18.7 Å². The Labute approximate surface area is 180 Å². The highest BCUT2D eigenvalue weighted by Crippen LogP contribution is 2.16. The minimum Gasteiger partial charge on any atom is -0.374 e. The monoisotopic (exact) mass is 416 g/mol. The Kier molecular flexibility index (Phi) is 8.51. The van der Waals surface area contributed by atoms with Gasteiger partial charge in [0.2, 0.25) is 0 Å². The number of carbonyl (C=O) groups excluding carboxylic acids is 1. The molecule has 7 nitrogen and oxygen atoms in total. The Hall–Kier alpha value is -2.12. The van der Waals surface area contributed by atoms with Crippen LogP contribution in [0.1, 0.15) is 44.7 Å². The molecule has 0 saturated carbocycles. The molecule has 0 bridgehead atoms. The molecule has 1 aromatic carbocycles. The average Bonchev–Trinajstić information content (AvgIpc) is 3.30.